The summed E-state index contributed by atoms with van der Waals surface area (Å²) in [6.45, 7) is 0. The predicted octanol–water partition coefficient (Wildman–Crippen LogP) is 2.46. The van der Waals surface area contributed by atoms with Crippen LogP contribution in [-0.4, -0.2) is 20.7 Å². The Morgan fingerprint density at radius 3 is 2.83 bits per heavy atom. The Kier molecular flexibility index (Phi) is 3.87. The third-order valence-electron chi connectivity index (χ3n) is 3.27. The molecule has 7 heteroatoms. The van der Waals surface area contributed by atoms with Gasteiger partial charge in [-0.05, 0) is 30.3 Å². The highest BCUT2D eigenvalue weighted by molar-refractivity contribution is 6.31. The third kappa shape index (κ3) is 2.82. The number of carbonyl (C=O) groups excluding carboxylic acids is 1. The third-order valence-corrected chi connectivity index (χ3v) is 3.50. The van der Waals surface area contributed by atoms with Crippen molar-refractivity contribution in [3.63, 3.8) is 0 Å². The molecule has 1 atom stereocenters. The lowest BCUT2D eigenvalue weighted by Crippen LogP contribution is -2.20. The zero-order chi connectivity index (χ0) is 16.4. The van der Waals surface area contributed by atoms with Crippen LogP contribution in [-0.2, 0) is 0 Å². The van der Waals surface area contributed by atoms with Gasteiger partial charge in [0.25, 0.3) is 5.56 Å². The molecule has 0 saturated heterocycles. The summed E-state index contributed by atoms with van der Waals surface area (Å²) < 4.78 is 0. The Balaban J connectivity index is 2.12. The molecule has 0 aliphatic rings. The van der Waals surface area contributed by atoms with Gasteiger partial charge < -0.3 is 4.98 Å². The number of hydrogen-bond donors (Lipinski definition) is 1. The fraction of sp³-hybridized carbons (Fsp3) is 0.0625. The number of carbonyl (C=O) groups is 1. The molecule has 0 radical (unpaired) electrons. The Hall–Kier alpha value is -3.04. The summed E-state index contributed by atoms with van der Waals surface area (Å²) in [5.41, 5.74) is 0.0222. The van der Waals surface area contributed by atoms with Crippen molar-refractivity contribution in [1.29, 1.82) is 5.26 Å². The highest BCUT2D eigenvalue weighted by Gasteiger charge is 2.25. The molecule has 0 aliphatic carbocycles. The molecule has 1 N–H and O–H groups in total. The number of Topliss-reactive ketones (excluding diaryl/α,β-unsaturated/α-hetero) is 1. The van der Waals surface area contributed by atoms with E-state index >= 15 is 0 Å². The lowest BCUT2D eigenvalue weighted by Gasteiger charge is -2.08. The molecule has 23 heavy (non-hydrogen) atoms. The Morgan fingerprint density at radius 2 is 2.13 bits per heavy atom. The lowest BCUT2D eigenvalue weighted by atomic mass is 10.0. The van der Waals surface area contributed by atoms with Gasteiger partial charge in [0.1, 0.15) is 11.5 Å². The van der Waals surface area contributed by atoms with E-state index < -0.39 is 17.3 Å². The van der Waals surface area contributed by atoms with Crippen molar-refractivity contribution >= 4 is 28.3 Å². The normalized spacial score (nSPS) is 11.8. The minimum Gasteiger partial charge on any atom is -0.308 e. The zero-order valence-electron chi connectivity index (χ0n) is 11.7. The number of nitrogens with zero attached hydrogens (tertiary/aromatic N) is 3. The number of aromatic nitrogens is 3. The number of aromatic amines is 1. The van der Waals surface area contributed by atoms with Gasteiger partial charge in [0.2, 0.25) is 5.78 Å². The molecule has 0 amide bonds. The number of ketones is 1. The maximum Gasteiger partial charge on any atom is 0.258 e. The number of rotatable bonds is 3. The van der Waals surface area contributed by atoms with Gasteiger partial charge in [-0.25, -0.2) is 4.98 Å². The van der Waals surface area contributed by atoms with Crippen molar-refractivity contribution in [3.05, 3.63) is 69.5 Å². The van der Waals surface area contributed by atoms with Gasteiger partial charge in [0, 0.05) is 11.2 Å². The molecular formula is C16H9ClN4O2. The molecule has 0 unspecified atom stereocenters. The lowest BCUT2D eigenvalue weighted by molar-refractivity contribution is 0.0971. The largest absolute Gasteiger partial charge is 0.308 e. The van der Waals surface area contributed by atoms with E-state index in [-0.39, 0.29) is 11.5 Å². The molecule has 0 saturated carbocycles. The van der Waals surface area contributed by atoms with E-state index in [2.05, 4.69) is 15.0 Å². The minimum atomic E-state index is -1.25. The van der Waals surface area contributed by atoms with Crippen LogP contribution in [0.5, 0.6) is 0 Å². The van der Waals surface area contributed by atoms with Crippen LogP contribution in [0.15, 0.2) is 47.4 Å². The molecule has 0 aliphatic heterocycles. The topological polar surface area (TPSA) is 99.5 Å². The van der Waals surface area contributed by atoms with Gasteiger partial charge in [-0.1, -0.05) is 17.7 Å². The molecular weight excluding hydrogens is 316 g/mol. The Bertz CT molecular complexity index is 992. The van der Waals surface area contributed by atoms with Crippen molar-refractivity contribution in [2.24, 2.45) is 0 Å². The highest BCUT2D eigenvalue weighted by atomic mass is 35.5. The molecule has 6 nitrogen and oxygen atoms in total. The summed E-state index contributed by atoms with van der Waals surface area (Å²) in [4.78, 5) is 35.2. The predicted molar refractivity (Wildman–Crippen MR) is 84.3 cm³/mol. The molecule has 0 spiro atoms. The van der Waals surface area contributed by atoms with E-state index in [1.54, 1.807) is 18.2 Å². The van der Waals surface area contributed by atoms with Gasteiger partial charge in [-0.3, -0.25) is 14.6 Å². The van der Waals surface area contributed by atoms with Crippen LogP contribution in [0.3, 0.4) is 0 Å². The zero-order valence-corrected chi connectivity index (χ0v) is 12.4. The fourth-order valence-corrected chi connectivity index (χ4v) is 2.33. The van der Waals surface area contributed by atoms with E-state index in [4.69, 9.17) is 11.6 Å². The highest BCUT2D eigenvalue weighted by Crippen LogP contribution is 2.19. The summed E-state index contributed by atoms with van der Waals surface area (Å²) in [6.07, 6.45) is 1.46. The standard InChI is InChI=1S/C16H9ClN4O2/c17-9-4-5-10-13(7-9)20-15(21-16(10)23)11(8-18)14(22)12-3-1-2-6-19-12/h1-7,11H,(H,20,21,23)/t11-/m0/s1. The Labute approximate surface area is 135 Å². The molecule has 112 valence electrons. The second kappa shape index (κ2) is 5.99. The van der Waals surface area contributed by atoms with Crippen molar-refractivity contribution in [2.45, 2.75) is 5.92 Å². The quantitative estimate of drug-likeness (QED) is 0.746. The number of halogens is 1. The molecule has 3 rings (SSSR count). The number of fused-ring (bicyclic) bond motifs is 1. The van der Waals surface area contributed by atoms with Gasteiger partial charge in [-0.2, -0.15) is 5.26 Å². The van der Waals surface area contributed by atoms with E-state index in [0.29, 0.717) is 15.9 Å². The van der Waals surface area contributed by atoms with Crippen molar-refractivity contribution in [2.75, 3.05) is 0 Å². The molecule has 1 aromatic carbocycles. The smallest absolute Gasteiger partial charge is 0.258 e. The molecule has 2 aromatic heterocycles. The number of pyridine rings is 1. The number of nitriles is 1. The first-order valence-electron chi connectivity index (χ1n) is 6.64. The summed E-state index contributed by atoms with van der Waals surface area (Å²) >= 11 is 5.90. The first-order valence-corrected chi connectivity index (χ1v) is 7.02. The van der Waals surface area contributed by atoms with E-state index in [1.807, 2.05) is 6.07 Å². The van der Waals surface area contributed by atoms with E-state index in [0.717, 1.165) is 0 Å². The number of nitrogens with one attached hydrogen (secondary N) is 1. The summed E-state index contributed by atoms with van der Waals surface area (Å²) in [6, 6.07) is 11.3. The van der Waals surface area contributed by atoms with Gasteiger partial charge in [-0.15, -0.1) is 0 Å². The molecule has 0 fully saturated rings. The minimum absolute atomic E-state index is 0.0251. The van der Waals surface area contributed by atoms with Gasteiger partial charge in [0.05, 0.1) is 17.0 Å². The summed E-state index contributed by atoms with van der Waals surface area (Å²) in [5.74, 6) is -1.80. The van der Waals surface area contributed by atoms with Crippen LogP contribution in [0.2, 0.25) is 5.02 Å². The monoisotopic (exact) mass is 324 g/mol. The maximum atomic E-state index is 12.4. The van der Waals surface area contributed by atoms with E-state index in [1.165, 1.54) is 24.4 Å². The van der Waals surface area contributed by atoms with Crippen molar-refractivity contribution < 1.29 is 4.79 Å². The summed E-state index contributed by atoms with van der Waals surface area (Å²) in [5, 5.41) is 10.1. The van der Waals surface area contributed by atoms with Crippen LogP contribution in [0, 0.1) is 11.3 Å². The second-order valence-corrected chi connectivity index (χ2v) is 5.19. The first-order chi connectivity index (χ1) is 11.1. The average molecular weight is 325 g/mol. The summed E-state index contributed by atoms with van der Waals surface area (Å²) in [7, 11) is 0. The van der Waals surface area contributed by atoms with Crippen molar-refractivity contribution in [3.8, 4) is 6.07 Å². The van der Waals surface area contributed by atoms with E-state index in [9.17, 15) is 14.9 Å². The van der Waals surface area contributed by atoms with Crippen LogP contribution in [0.1, 0.15) is 22.2 Å². The second-order valence-electron chi connectivity index (χ2n) is 4.75. The molecule has 2 heterocycles. The first kappa shape index (κ1) is 14.9. The number of benzene rings is 1. The van der Waals surface area contributed by atoms with Crippen LogP contribution >= 0.6 is 11.6 Å². The maximum absolute atomic E-state index is 12.4. The van der Waals surface area contributed by atoms with Crippen LogP contribution < -0.4 is 5.56 Å². The molecule has 3 aromatic rings. The van der Waals surface area contributed by atoms with Gasteiger partial charge >= 0.3 is 0 Å². The van der Waals surface area contributed by atoms with Crippen molar-refractivity contribution in [1.82, 2.24) is 15.0 Å². The number of H-pyrrole nitrogens is 1. The number of hydrogen-bond acceptors (Lipinski definition) is 5. The molecule has 0 bridgehead atoms. The van der Waals surface area contributed by atoms with Crippen LogP contribution in [0.25, 0.3) is 10.9 Å². The van der Waals surface area contributed by atoms with Gasteiger partial charge in [0.15, 0.2) is 5.92 Å². The SMILES string of the molecule is N#C[C@@H](C(=O)c1ccccn1)c1nc2cc(Cl)ccc2c(=O)[nH]1. The Morgan fingerprint density at radius 1 is 1.30 bits per heavy atom. The fourth-order valence-electron chi connectivity index (χ4n) is 2.17. The van der Waals surface area contributed by atoms with Crippen LogP contribution in [0.4, 0.5) is 0 Å². The average Bonchev–Trinajstić information content (AvgIpc) is 2.56.